The molecule has 0 spiro atoms. The number of halogens is 2. The number of benzene rings is 2. The number of aromatic nitrogens is 1. The van der Waals surface area contributed by atoms with Crippen molar-refractivity contribution in [3.8, 4) is 5.69 Å². The topological polar surface area (TPSA) is 4.93 Å². The normalized spacial score (nSPS) is 9.77. The van der Waals surface area contributed by atoms with Crippen LogP contribution in [0.5, 0.6) is 0 Å². The van der Waals surface area contributed by atoms with Crippen molar-refractivity contribution in [2.45, 2.75) is 0 Å². The molecule has 0 aliphatic rings. The van der Waals surface area contributed by atoms with Gasteiger partial charge in [-0.05, 0) is 16.5 Å². The molecule has 128 valence electrons. The van der Waals surface area contributed by atoms with Gasteiger partial charge in [0.15, 0.2) is 0 Å². The van der Waals surface area contributed by atoms with Gasteiger partial charge in [-0.3, -0.25) is 0 Å². The minimum atomic E-state index is -0.826. The molecule has 5 rings (SSSR count). The van der Waals surface area contributed by atoms with Gasteiger partial charge in [0.2, 0.25) is 0 Å². The van der Waals surface area contributed by atoms with E-state index >= 15 is 0 Å². The first-order valence-corrected chi connectivity index (χ1v) is 14.5. The molecule has 0 bridgehead atoms. The molecular weight excluding hydrogens is 440 g/mol. The Morgan fingerprint density at radius 2 is 1.27 bits per heavy atom. The monoisotopic (exact) mass is 455 g/mol. The summed E-state index contributed by atoms with van der Waals surface area (Å²) in [5.74, 6) is 0. The van der Waals surface area contributed by atoms with Gasteiger partial charge in [-0.1, -0.05) is 30.3 Å². The maximum absolute atomic E-state index is 4.93. The zero-order chi connectivity index (χ0) is 18.2. The molecule has 4 heteroatoms. The SMILES string of the molecule is [Cl][Zr+2][Cl].c1cc[cH-]c1.c1ccc2cn(-c3cc4ccccc4[cH-]3)cc2c1. The van der Waals surface area contributed by atoms with Gasteiger partial charge in [-0.25, -0.2) is 12.1 Å². The summed E-state index contributed by atoms with van der Waals surface area (Å²) in [6, 6.07) is 31.4. The smallest absolute Gasteiger partial charge is 0.0149 e. The summed E-state index contributed by atoms with van der Waals surface area (Å²) >= 11 is -0.826. The first kappa shape index (κ1) is 19.2. The van der Waals surface area contributed by atoms with Crippen molar-refractivity contribution < 1.29 is 20.8 Å². The molecule has 0 atom stereocenters. The Morgan fingerprint density at radius 1 is 0.731 bits per heavy atom. The van der Waals surface area contributed by atoms with Gasteiger partial charge >= 0.3 is 37.9 Å². The fourth-order valence-electron chi connectivity index (χ4n) is 2.84. The Balaban J connectivity index is 0.000000207. The van der Waals surface area contributed by atoms with Crippen molar-refractivity contribution in [1.29, 1.82) is 0 Å². The van der Waals surface area contributed by atoms with Crippen LogP contribution in [0.3, 0.4) is 0 Å². The molecule has 5 aromatic rings. The number of fused-ring (bicyclic) bond motifs is 2. The maximum Gasteiger partial charge on any atom is 0.0149 e. The van der Waals surface area contributed by atoms with E-state index < -0.39 is 20.8 Å². The van der Waals surface area contributed by atoms with Crippen LogP contribution in [0.4, 0.5) is 0 Å². The summed E-state index contributed by atoms with van der Waals surface area (Å²) < 4.78 is 2.20. The molecule has 0 radical (unpaired) electrons. The summed E-state index contributed by atoms with van der Waals surface area (Å²) in [6.07, 6.45) is 4.37. The quantitative estimate of drug-likeness (QED) is 0.233. The third kappa shape index (κ3) is 4.98. The number of hydrogen-bond acceptors (Lipinski definition) is 0. The molecule has 1 nitrogen and oxygen atoms in total. The third-order valence-electron chi connectivity index (χ3n) is 4.01. The summed E-state index contributed by atoms with van der Waals surface area (Å²) in [4.78, 5) is 0. The molecule has 0 saturated heterocycles. The van der Waals surface area contributed by atoms with E-state index in [2.05, 4.69) is 77.6 Å². The molecule has 0 unspecified atom stereocenters. The number of nitrogens with zero attached hydrogens (tertiary/aromatic N) is 1. The van der Waals surface area contributed by atoms with Crippen LogP contribution in [-0.2, 0) is 20.8 Å². The minimum Gasteiger partial charge on any atom is -0.341 e. The third-order valence-corrected chi connectivity index (χ3v) is 4.01. The molecule has 4 aromatic carbocycles. The van der Waals surface area contributed by atoms with Gasteiger partial charge in [0, 0.05) is 12.4 Å². The minimum absolute atomic E-state index is 0.826. The van der Waals surface area contributed by atoms with Gasteiger partial charge in [0.25, 0.3) is 0 Å². The fourth-order valence-corrected chi connectivity index (χ4v) is 2.84. The zero-order valence-electron chi connectivity index (χ0n) is 14.0. The summed E-state index contributed by atoms with van der Waals surface area (Å²) in [5.41, 5.74) is 1.23. The van der Waals surface area contributed by atoms with Crippen molar-refractivity contribution in [3.63, 3.8) is 0 Å². The second kappa shape index (κ2) is 9.92. The van der Waals surface area contributed by atoms with E-state index in [9.17, 15) is 0 Å². The van der Waals surface area contributed by atoms with Crippen LogP contribution in [-0.4, -0.2) is 4.57 Å². The average Bonchev–Trinajstić information content (AvgIpc) is 3.42. The van der Waals surface area contributed by atoms with Crippen molar-refractivity contribution in [2.24, 2.45) is 0 Å². The van der Waals surface area contributed by atoms with Crippen LogP contribution in [0.25, 0.3) is 27.2 Å². The van der Waals surface area contributed by atoms with E-state index in [1.807, 2.05) is 30.3 Å². The molecule has 0 N–H and O–H groups in total. The van der Waals surface area contributed by atoms with Gasteiger partial charge < -0.3 is 4.57 Å². The fraction of sp³-hybridized carbons (Fsp3) is 0. The van der Waals surface area contributed by atoms with E-state index in [4.69, 9.17) is 17.0 Å². The number of hydrogen-bond donors (Lipinski definition) is 0. The first-order valence-electron chi connectivity index (χ1n) is 8.17. The Hall–Kier alpha value is -1.60. The van der Waals surface area contributed by atoms with Crippen molar-refractivity contribution >= 4 is 38.6 Å². The maximum atomic E-state index is 4.93. The van der Waals surface area contributed by atoms with Gasteiger partial charge in [-0.2, -0.15) is 18.2 Å². The standard InChI is InChI=1S/C17H12N.C5H5.2ClH.Zr/c1-2-6-14-10-17(9-13(14)5-1)18-11-15-7-3-4-8-16(15)12-18;1-2-4-5-3-1;;;/h1-12H;1-5H;2*1H;/q2*-1;;;+4/p-2. The molecule has 0 aliphatic carbocycles. The second-order valence-electron chi connectivity index (χ2n) is 5.67. The van der Waals surface area contributed by atoms with Crippen molar-refractivity contribution in [3.05, 3.63) is 103 Å². The second-order valence-corrected chi connectivity index (χ2v) is 9.40. The molecule has 1 heterocycles. The summed E-state index contributed by atoms with van der Waals surface area (Å²) in [5, 5.41) is 5.15. The van der Waals surface area contributed by atoms with Crippen molar-refractivity contribution in [1.82, 2.24) is 4.57 Å². The van der Waals surface area contributed by atoms with E-state index in [0.717, 1.165) is 0 Å². The Bertz CT molecular complexity index is 889. The van der Waals surface area contributed by atoms with E-state index in [1.165, 1.54) is 27.2 Å². The summed E-state index contributed by atoms with van der Waals surface area (Å²) in [6.45, 7) is 0. The van der Waals surface area contributed by atoms with E-state index in [-0.39, 0.29) is 0 Å². The van der Waals surface area contributed by atoms with Crippen LogP contribution in [0.2, 0.25) is 0 Å². The van der Waals surface area contributed by atoms with Crippen LogP contribution in [0.1, 0.15) is 0 Å². The Morgan fingerprint density at radius 3 is 1.77 bits per heavy atom. The predicted octanol–water partition coefficient (Wildman–Crippen LogP) is 7.28. The first-order chi connectivity index (χ1) is 12.8. The summed E-state index contributed by atoms with van der Waals surface area (Å²) in [7, 11) is 9.87. The largest absolute Gasteiger partial charge is 0.341 e. The molecule has 1 aromatic heterocycles. The number of rotatable bonds is 1. The van der Waals surface area contributed by atoms with Crippen LogP contribution < -0.4 is 0 Å². The van der Waals surface area contributed by atoms with Gasteiger partial charge in [-0.15, -0.1) is 41.1 Å². The van der Waals surface area contributed by atoms with Gasteiger partial charge in [0.05, 0.1) is 0 Å². The molecule has 0 aliphatic heterocycles. The Kier molecular flexibility index (Phi) is 7.32. The Labute approximate surface area is 172 Å². The predicted molar refractivity (Wildman–Crippen MR) is 110 cm³/mol. The zero-order valence-corrected chi connectivity index (χ0v) is 18.0. The molecule has 0 amide bonds. The molecule has 0 fully saturated rings. The van der Waals surface area contributed by atoms with E-state index in [0.29, 0.717) is 0 Å². The van der Waals surface area contributed by atoms with Gasteiger partial charge in [0.1, 0.15) is 0 Å². The molecular formula is C22H17Cl2NZr. The molecule has 26 heavy (non-hydrogen) atoms. The molecule has 0 saturated carbocycles. The van der Waals surface area contributed by atoms with Crippen LogP contribution in [0.15, 0.2) is 103 Å². The average molecular weight is 458 g/mol. The van der Waals surface area contributed by atoms with Crippen LogP contribution >= 0.6 is 17.0 Å². The van der Waals surface area contributed by atoms with Crippen molar-refractivity contribution in [2.75, 3.05) is 0 Å². The van der Waals surface area contributed by atoms with Crippen LogP contribution in [0, 0.1) is 0 Å². The van der Waals surface area contributed by atoms with E-state index in [1.54, 1.807) is 0 Å².